The van der Waals surface area contributed by atoms with Gasteiger partial charge in [-0.05, 0) is 13.3 Å². The molecule has 0 radical (unpaired) electrons. The molecule has 0 spiro atoms. The predicted molar refractivity (Wildman–Crippen MR) is 69.5 cm³/mol. The van der Waals surface area contributed by atoms with Gasteiger partial charge in [0.2, 0.25) is 0 Å². The van der Waals surface area contributed by atoms with Crippen LogP contribution in [0.15, 0.2) is 4.21 Å². The van der Waals surface area contributed by atoms with Gasteiger partial charge in [0, 0.05) is 19.8 Å². The summed E-state index contributed by atoms with van der Waals surface area (Å²) in [6.07, 6.45) is 0.387. The molecule has 0 aliphatic heterocycles. The Kier molecular flexibility index (Phi) is 5.96. The molecule has 1 rings (SSSR count). The Hall–Kier alpha value is -0.250. The third-order valence-corrected chi connectivity index (χ3v) is 5.58. The molecule has 0 fully saturated rings. The molecule has 1 unspecified atom stereocenters. The maximum atomic E-state index is 12.0. The van der Waals surface area contributed by atoms with Crippen molar-refractivity contribution in [1.29, 1.82) is 0 Å². The first kappa shape index (κ1) is 15.8. The van der Waals surface area contributed by atoms with Gasteiger partial charge in [-0.15, -0.1) is 0 Å². The molecule has 0 saturated carbocycles. The lowest BCUT2D eigenvalue weighted by atomic mass is 10.2. The number of hydrogen-bond donors (Lipinski definition) is 2. The average Bonchev–Trinajstić information content (AvgIpc) is 2.64. The topological polar surface area (TPSA) is 88.5 Å². The van der Waals surface area contributed by atoms with Gasteiger partial charge >= 0.3 is 0 Å². The minimum atomic E-state index is -3.71. The van der Waals surface area contributed by atoms with Crippen molar-refractivity contribution >= 4 is 33.0 Å². The van der Waals surface area contributed by atoms with Crippen LogP contribution in [0.4, 0.5) is 0 Å². The highest BCUT2D eigenvalue weighted by molar-refractivity contribution is 7.91. The largest absolute Gasteiger partial charge is 0.395 e. The fraction of sp³-hybridized carbons (Fsp3) is 0.667. The van der Waals surface area contributed by atoms with Crippen LogP contribution < -0.4 is 4.72 Å². The maximum absolute atomic E-state index is 12.0. The zero-order valence-corrected chi connectivity index (χ0v) is 12.4. The number of aromatic nitrogens is 1. The Morgan fingerprint density at radius 3 is 2.72 bits per heavy atom. The van der Waals surface area contributed by atoms with E-state index in [1.165, 1.54) is 7.11 Å². The molecule has 9 heteroatoms. The normalized spacial score (nSPS) is 13.8. The number of nitrogens with zero attached hydrogens (tertiary/aromatic N) is 1. The van der Waals surface area contributed by atoms with Crippen molar-refractivity contribution in [1.82, 2.24) is 9.71 Å². The van der Waals surface area contributed by atoms with Crippen LogP contribution >= 0.6 is 22.9 Å². The zero-order chi connectivity index (χ0) is 13.8. The number of aliphatic hydroxyl groups is 1. The number of nitrogens with one attached hydrogen (secondary N) is 1. The molecule has 0 bridgehead atoms. The fourth-order valence-electron chi connectivity index (χ4n) is 1.32. The molecule has 0 amide bonds. The Morgan fingerprint density at radius 2 is 2.28 bits per heavy atom. The first-order valence-electron chi connectivity index (χ1n) is 5.15. The molecule has 0 aliphatic rings. The standard InChI is InChI=1S/C9H15ClN2O4S2/c1-6-8(17-9(10)11-6)18(14,15)12-7(5-13)3-4-16-2/h7,12-13H,3-5H2,1-2H3. The van der Waals surface area contributed by atoms with E-state index < -0.39 is 16.1 Å². The molecule has 2 N–H and O–H groups in total. The van der Waals surface area contributed by atoms with Crippen LogP contribution in [-0.4, -0.2) is 44.9 Å². The van der Waals surface area contributed by atoms with Gasteiger partial charge in [-0.2, -0.15) is 0 Å². The lowest BCUT2D eigenvalue weighted by Gasteiger charge is -2.15. The molecule has 1 atom stereocenters. The van der Waals surface area contributed by atoms with Gasteiger partial charge in [-0.3, -0.25) is 0 Å². The molecular weight excluding hydrogens is 300 g/mol. The number of rotatable bonds is 7. The molecule has 0 aromatic carbocycles. The summed E-state index contributed by atoms with van der Waals surface area (Å²) in [6, 6.07) is -0.588. The van der Waals surface area contributed by atoms with E-state index in [-0.39, 0.29) is 15.3 Å². The first-order valence-corrected chi connectivity index (χ1v) is 7.83. The Bertz CT molecular complexity index is 489. The van der Waals surface area contributed by atoms with Gasteiger partial charge < -0.3 is 9.84 Å². The molecule has 104 valence electrons. The number of aryl methyl sites for hydroxylation is 1. The minimum absolute atomic E-state index is 0.0726. The second-order valence-corrected chi connectivity index (χ2v) is 7.11. The number of methoxy groups -OCH3 is 1. The van der Waals surface area contributed by atoms with Crippen LogP contribution in [0.2, 0.25) is 4.47 Å². The van der Waals surface area contributed by atoms with E-state index in [4.69, 9.17) is 21.4 Å². The molecule has 6 nitrogen and oxygen atoms in total. The van der Waals surface area contributed by atoms with Gasteiger partial charge in [0.25, 0.3) is 10.0 Å². The third-order valence-electron chi connectivity index (χ3n) is 2.18. The van der Waals surface area contributed by atoms with Crippen molar-refractivity contribution in [2.75, 3.05) is 20.3 Å². The second kappa shape index (κ2) is 6.78. The van der Waals surface area contributed by atoms with E-state index >= 15 is 0 Å². The number of sulfonamides is 1. The summed E-state index contributed by atoms with van der Waals surface area (Å²) in [6.45, 7) is 1.63. The average molecular weight is 315 g/mol. The first-order chi connectivity index (χ1) is 8.40. The van der Waals surface area contributed by atoms with Crippen LogP contribution in [0.1, 0.15) is 12.1 Å². The molecule has 1 heterocycles. The van der Waals surface area contributed by atoms with Crippen molar-refractivity contribution < 1.29 is 18.3 Å². The van der Waals surface area contributed by atoms with Crippen molar-refractivity contribution in [2.45, 2.75) is 23.6 Å². The number of aliphatic hydroxyl groups excluding tert-OH is 1. The lowest BCUT2D eigenvalue weighted by molar-refractivity contribution is 0.166. The van der Waals surface area contributed by atoms with Crippen LogP contribution in [-0.2, 0) is 14.8 Å². The van der Waals surface area contributed by atoms with Crippen LogP contribution in [0.25, 0.3) is 0 Å². The van der Waals surface area contributed by atoms with E-state index in [1.54, 1.807) is 6.92 Å². The summed E-state index contributed by atoms with van der Waals surface area (Å²) in [7, 11) is -2.20. The van der Waals surface area contributed by atoms with Gasteiger partial charge in [-0.25, -0.2) is 18.1 Å². The molecular formula is C9H15ClN2O4S2. The molecule has 1 aromatic rings. The van der Waals surface area contributed by atoms with E-state index in [2.05, 4.69) is 9.71 Å². The maximum Gasteiger partial charge on any atom is 0.252 e. The Labute approximate surface area is 115 Å². The molecule has 1 aromatic heterocycles. The van der Waals surface area contributed by atoms with Crippen LogP contribution in [0.3, 0.4) is 0 Å². The fourth-order valence-corrected chi connectivity index (χ4v) is 4.34. The number of hydrogen-bond acceptors (Lipinski definition) is 6. The Balaban J connectivity index is 2.83. The van der Waals surface area contributed by atoms with Gasteiger partial charge in [0.15, 0.2) is 8.68 Å². The SMILES string of the molecule is COCCC(CO)NS(=O)(=O)c1sc(Cl)nc1C. The van der Waals surface area contributed by atoms with Crippen molar-refractivity contribution in [2.24, 2.45) is 0 Å². The lowest BCUT2D eigenvalue weighted by Crippen LogP contribution is -2.38. The molecule has 0 aliphatic carbocycles. The highest BCUT2D eigenvalue weighted by Gasteiger charge is 2.24. The van der Waals surface area contributed by atoms with Crippen molar-refractivity contribution in [3.05, 3.63) is 10.2 Å². The van der Waals surface area contributed by atoms with Crippen molar-refractivity contribution in [3.8, 4) is 0 Å². The highest BCUT2D eigenvalue weighted by atomic mass is 35.5. The Morgan fingerprint density at radius 1 is 1.61 bits per heavy atom. The van der Waals surface area contributed by atoms with Gasteiger partial charge in [0.1, 0.15) is 0 Å². The number of halogens is 1. The summed E-state index contributed by atoms with van der Waals surface area (Å²) < 4.78 is 31.6. The molecule has 18 heavy (non-hydrogen) atoms. The van der Waals surface area contributed by atoms with Gasteiger partial charge in [-0.1, -0.05) is 22.9 Å². The van der Waals surface area contributed by atoms with Crippen LogP contribution in [0.5, 0.6) is 0 Å². The molecule has 0 saturated heterocycles. The summed E-state index contributed by atoms with van der Waals surface area (Å²) in [4.78, 5) is 3.85. The number of thiazole rings is 1. The summed E-state index contributed by atoms with van der Waals surface area (Å²) in [5.74, 6) is 0. The quantitative estimate of drug-likeness (QED) is 0.776. The smallest absolute Gasteiger partial charge is 0.252 e. The summed E-state index contributed by atoms with van der Waals surface area (Å²) >= 11 is 6.56. The van der Waals surface area contributed by atoms with Crippen molar-refractivity contribution in [3.63, 3.8) is 0 Å². The highest BCUT2D eigenvalue weighted by Crippen LogP contribution is 2.26. The zero-order valence-electron chi connectivity index (χ0n) is 10.0. The van der Waals surface area contributed by atoms with E-state index in [0.717, 1.165) is 11.3 Å². The van der Waals surface area contributed by atoms with E-state index in [1.807, 2.05) is 0 Å². The monoisotopic (exact) mass is 314 g/mol. The minimum Gasteiger partial charge on any atom is -0.395 e. The third kappa shape index (κ3) is 4.15. The van der Waals surface area contributed by atoms with E-state index in [0.29, 0.717) is 18.7 Å². The second-order valence-electron chi connectivity index (χ2n) is 3.62. The summed E-state index contributed by atoms with van der Waals surface area (Å²) in [5, 5.41) is 9.12. The number of ether oxygens (including phenoxy) is 1. The van der Waals surface area contributed by atoms with Crippen LogP contribution in [0, 0.1) is 6.92 Å². The predicted octanol–water partition coefficient (Wildman–Crippen LogP) is 0.781. The van der Waals surface area contributed by atoms with E-state index in [9.17, 15) is 8.42 Å². The van der Waals surface area contributed by atoms with Gasteiger partial charge in [0.05, 0.1) is 12.3 Å². The summed E-state index contributed by atoms with van der Waals surface area (Å²) in [5.41, 5.74) is 0.348.